The van der Waals surface area contributed by atoms with Crippen LogP contribution in [0.15, 0.2) is 18.2 Å². The first-order valence-corrected chi connectivity index (χ1v) is 7.76. The van der Waals surface area contributed by atoms with E-state index in [1.807, 2.05) is 0 Å². The minimum absolute atomic E-state index is 0.00668. The highest BCUT2D eigenvalue weighted by molar-refractivity contribution is 7.90. The number of halogens is 1. The van der Waals surface area contributed by atoms with E-state index in [1.165, 1.54) is 39.5 Å². The highest BCUT2D eigenvalue weighted by Gasteiger charge is 2.19. The van der Waals surface area contributed by atoms with Gasteiger partial charge in [0.15, 0.2) is 0 Å². The van der Waals surface area contributed by atoms with Crippen molar-refractivity contribution in [1.29, 1.82) is 0 Å². The Kier molecular flexibility index (Phi) is 6.25. The fraction of sp³-hybridized carbons (Fsp3) is 0.417. The second-order valence-corrected chi connectivity index (χ2v) is 6.29. The number of ether oxygens (including phenoxy) is 2. The Morgan fingerprint density at radius 1 is 1.38 bits per heavy atom. The number of hydrogen-bond donors (Lipinski definition) is 1. The van der Waals surface area contributed by atoms with Crippen LogP contribution in [0.1, 0.15) is 6.42 Å². The highest BCUT2D eigenvalue weighted by Crippen LogP contribution is 2.27. The van der Waals surface area contributed by atoms with Crippen molar-refractivity contribution in [2.75, 3.05) is 32.5 Å². The first-order valence-electron chi connectivity index (χ1n) is 5.94. The van der Waals surface area contributed by atoms with Crippen molar-refractivity contribution in [2.45, 2.75) is 6.42 Å². The topological polar surface area (TPSA) is 84.9 Å². The molecule has 1 N–H and O–H groups in total. The summed E-state index contributed by atoms with van der Waals surface area (Å²) in [5.74, 6) is -0.126. The molecule has 0 fully saturated rings. The molecule has 0 aromatic heterocycles. The molecule has 1 aromatic rings. The zero-order chi connectivity index (χ0) is 16.0. The molecule has 1 aromatic carbocycles. The van der Waals surface area contributed by atoms with Crippen molar-refractivity contribution < 1.29 is 22.7 Å². The van der Waals surface area contributed by atoms with E-state index in [4.69, 9.17) is 16.3 Å². The lowest BCUT2D eigenvalue weighted by Gasteiger charge is -2.18. The molecule has 0 unspecified atom stereocenters. The van der Waals surface area contributed by atoms with Crippen molar-refractivity contribution in [1.82, 2.24) is 4.31 Å². The molecule has 0 saturated carbocycles. The standard InChI is InChI=1S/C12H17ClN2O5S/c1-15(7-6-12(16)20-3)21(17,18)14-9-4-5-10(13)11(8-9)19-2/h4-5,8,14H,6-7H2,1-3H3. The van der Waals surface area contributed by atoms with Crippen LogP contribution in [-0.4, -0.2) is 46.5 Å². The van der Waals surface area contributed by atoms with Crippen LogP contribution in [0.25, 0.3) is 0 Å². The van der Waals surface area contributed by atoms with Gasteiger partial charge in [-0.1, -0.05) is 11.6 Å². The molecule has 0 radical (unpaired) electrons. The molecular formula is C12H17ClN2O5S. The van der Waals surface area contributed by atoms with E-state index in [2.05, 4.69) is 9.46 Å². The third-order valence-electron chi connectivity index (χ3n) is 2.67. The molecule has 0 spiro atoms. The van der Waals surface area contributed by atoms with E-state index in [0.717, 1.165) is 4.31 Å². The summed E-state index contributed by atoms with van der Waals surface area (Å²) < 4.78 is 37.0. The van der Waals surface area contributed by atoms with Gasteiger partial charge in [0.05, 0.1) is 31.4 Å². The molecule has 7 nitrogen and oxygen atoms in total. The number of nitrogens with zero attached hydrogens (tertiary/aromatic N) is 1. The molecule has 118 valence electrons. The number of nitrogens with one attached hydrogen (secondary N) is 1. The normalized spacial score (nSPS) is 11.3. The third-order valence-corrected chi connectivity index (χ3v) is 4.48. The molecule has 9 heteroatoms. The number of carbonyl (C=O) groups excluding carboxylic acids is 1. The molecular weight excluding hydrogens is 320 g/mol. The van der Waals surface area contributed by atoms with E-state index in [0.29, 0.717) is 16.5 Å². The van der Waals surface area contributed by atoms with Gasteiger partial charge >= 0.3 is 16.2 Å². The summed E-state index contributed by atoms with van der Waals surface area (Å²) in [4.78, 5) is 11.0. The van der Waals surface area contributed by atoms with Crippen LogP contribution in [0.5, 0.6) is 5.75 Å². The van der Waals surface area contributed by atoms with Crippen molar-refractivity contribution >= 4 is 33.5 Å². The van der Waals surface area contributed by atoms with Crippen LogP contribution in [-0.2, 0) is 19.7 Å². The maximum Gasteiger partial charge on any atom is 0.306 e. The zero-order valence-corrected chi connectivity index (χ0v) is 13.5. The van der Waals surface area contributed by atoms with Crippen LogP contribution < -0.4 is 9.46 Å². The Morgan fingerprint density at radius 2 is 2.05 bits per heavy atom. The monoisotopic (exact) mass is 336 g/mol. The maximum atomic E-state index is 12.1. The molecule has 21 heavy (non-hydrogen) atoms. The molecule has 0 saturated heterocycles. The molecule has 0 amide bonds. The minimum atomic E-state index is -3.78. The van der Waals surface area contributed by atoms with Gasteiger partial charge in [-0.25, -0.2) is 0 Å². The number of anilines is 1. The number of methoxy groups -OCH3 is 2. The van der Waals surface area contributed by atoms with Crippen molar-refractivity contribution in [3.8, 4) is 5.75 Å². The highest BCUT2D eigenvalue weighted by atomic mass is 35.5. The van der Waals surface area contributed by atoms with Gasteiger partial charge in [-0.3, -0.25) is 9.52 Å². The third kappa shape index (κ3) is 5.07. The molecule has 0 bridgehead atoms. The van der Waals surface area contributed by atoms with Gasteiger partial charge in [-0.05, 0) is 12.1 Å². The fourth-order valence-corrected chi connectivity index (χ4v) is 2.53. The Balaban J connectivity index is 2.77. The van der Waals surface area contributed by atoms with Gasteiger partial charge in [0.1, 0.15) is 5.75 Å². The van der Waals surface area contributed by atoms with Gasteiger partial charge in [-0.15, -0.1) is 0 Å². The predicted molar refractivity (Wildman–Crippen MR) is 79.8 cm³/mol. The molecule has 0 aliphatic heterocycles. The van der Waals surface area contributed by atoms with Crippen molar-refractivity contribution in [3.05, 3.63) is 23.2 Å². The number of esters is 1. The summed E-state index contributed by atoms with van der Waals surface area (Å²) in [6, 6.07) is 4.50. The van der Waals surface area contributed by atoms with E-state index >= 15 is 0 Å². The van der Waals surface area contributed by atoms with Gasteiger partial charge in [0, 0.05) is 19.7 Å². The summed E-state index contributed by atoms with van der Waals surface area (Å²) in [6.07, 6.45) is -0.0299. The quantitative estimate of drug-likeness (QED) is 0.763. The van der Waals surface area contributed by atoms with Crippen LogP contribution in [0.3, 0.4) is 0 Å². The van der Waals surface area contributed by atoms with Gasteiger partial charge in [0.25, 0.3) is 0 Å². The Labute approximate surface area is 129 Å². The second kappa shape index (κ2) is 7.48. The Hall–Kier alpha value is -1.51. The summed E-state index contributed by atoms with van der Waals surface area (Å²) in [5.41, 5.74) is 0.307. The Bertz CT molecular complexity index is 606. The van der Waals surface area contributed by atoms with Crippen LogP contribution in [0, 0.1) is 0 Å². The average Bonchev–Trinajstić information content (AvgIpc) is 2.45. The lowest BCUT2D eigenvalue weighted by atomic mass is 10.3. The smallest absolute Gasteiger partial charge is 0.306 e. The van der Waals surface area contributed by atoms with Gasteiger partial charge in [0.2, 0.25) is 0 Å². The zero-order valence-electron chi connectivity index (χ0n) is 11.9. The minimum Gasteiger partial charge on any atom is -0.495 e. The first kappa shape index (κ1) is 17.5. The van der Waals surface area contributed by atoms with Crippen LogP contribution in [0.4, 0.5) is 5.69 Å². The van der Waals surface area contributed by atoms with E-state index in [1.54, 1.807) is 0 Å². The maximum absolute atomic E-state index is 12.1. The number of carbonyl (C=O) groups is 1. The fourth-order valence-electron chi connectivity index (χ4n) is 1.42. The van der Waals surface area contributed by atoms with Crippen molar-refractivity contribution in [2.24, 2.45) is 0 Å². The summed E-state index contributed by atoms with van der Waals surface area (Å²) in [5, 5.41) is 0.375. The summed E-state index contributed by atoms with van der Waals surface area (Å²) in [7, 11) is 0.259. The molecule has 1 rings (SSSR count). The van der Waals surface area contributed by atoms with Crippen LogP contribution >= 0.6 is 11.6 Å². The first-order chi connectivity index (χ1) is 9.80. The van der Waals surface area contributed by atoms with Crippen molar-refractivity contribution in [3.63, 3.8) is 0 Å². The summed E-state index contributed by atoms with van der Waals surface area (Å²) in [6.45, 7) is 0.00668. The van der Waals surface area contributed by atoms with Gasteiger partial charge in [-0.2, -0.15) is 12.7 Å². The second-order valence-electron chi connectivity index (χ2n) is 4.10. The van der Waals surface area contributed by atoms with E-state index in [9.17, 15) is 13.2 Å². The van der Waals surface area contributed by atoms with E-state index in [-0.39, 0.29) is 13.0 Å². The number of benzene rings is 1. The lowest BCUT2D eigenvalue weighted by molar-refractivity contribution is -0.140. The predicted octanol–water partition coefficient (Wildman–Crippen LogP) is 1.50. The molecule has 0 aliphatic rings. The average molecular weight is 337 g/mol. The number of rotatable bonds is 7. The SMILES string of the molecule is COC(=O)CCN(C)S(=O)(=O)Nc1ccc(Cl)c(OC)c1. The van der Waals surface area contributed by atoms with Crippen LogP contribution in [0.2, 0.25) is 5.02 Å². The van der Waals surface area contributed by atoms with Gasteiger partial charge < -0.3 is 9.47 Å². The largest absolute Gasteiger partial charge is 0.495 e. The summed E-state index contributed by atoms with van der Waals surface area (Å²) >= 11 is 5.87. The Morgan fingerprint density at radius 3 is 2.62 bits per heavy atom. The van der Waals surface area contributed by atoms with E-state index < -0.39 is 16.2 Å². The number of hydrogen-bond acceptors (Lipinski definition) is 5. The lowest BCUT2D eigenvalue weighted by Crippen LogP contribution is -2.34. The molecule has 0 heterocycles. The molecule has 0 atom stereocenters. The molecule has 0 aliphatic carbocycles.